The van der Waals surface area contributed by atoms with E-state index in [4.69, 9.17) is 0 Å². The molecule has 1 aliphatic rings. The van der Waals surface area contributed by atoms with Crippen LogP contribution in [-0.2, 0) is 10.0 Å². The van der Waals surface area contributed by atoms with Crippen LogP contribution in [0.25, 0.3) is 0 Å². The van der Waals surface area contributed by atoms with Gasteiger partial charge in [-0.05, 0) is 30.9 Å². The molecule has 1 aromatic carbocycles. The van der Waals surface area contributed by atoms with Gasteiger partial charge in [-0.3, -0.25) is 10.1 Å². The fraction of sp³-hybridized carbons (Fsp3) is 0.375. The van der Waals surface area contributed by atoms with Crippen LogP contribution in [0.3, 0.4) is 0 Å². The van der Waals surface area contributed by atoms with Crippen LogP contribution >= 0.6 is 0 Å². The fourth-order valence-electron chi connectivity index (χ4n) is 2.87. The summed E-state index contributed by atoms with van der Waals surface area (Å²) in [4.78, 5) is 20.6. The molecule has 1 aromatic heterocycles. The second-order valence-electron chi connectivity index (χ2n) is 6.09. The molecule has 0 saturated carbocycles. The van der Waals surface area contributed by atoms with E-state index in [2.05, 4.69) is 19.6 Å². The molecule has 0 amide bonds. The van der Waals surface area contributed by atoms with Crippen molar-refractivity contribution in [1.82, 2.24) is 14.7 Å². The Bertz CT molecular complexity index is 867. The van der Waals surface area contributed by atoms with Gasteiger partial charge in [0.25, 0.3) is 5.69 Å². The zero-order chi connectivity index (χ0) is 18.6. The second-order valence-corrected chi connectivity index (χ2v) is 7.85. The molecule has 2 aromatic rings. The van der Waals surface area contributed by atoms with Gasteiger partial charge in [0.1, 0.15) is 0 Å². The monoisotopic (exact) mass is 377 g/mol. The summed E-state index contributed by atoms with van der Waals surface area (Å²) in [7, 11) is -3.77. The van der Waals surface area contributed by atoms with Crippen molar-refractivity contribution >= 4 is 21.7 Å². The van der Waals surface area contributed by atoms with Crippen LogP contribution in [-0.4, -0.2) is 42.9 Å². The molecule has 1 fully saturated rings. The summed E-state index contributed by atoms with van der Waals surface area (Å²) < 4.78 is 27.3. The van der Waals surface area contributed by atoms with Crippen molar-refractivity contribution in [3.05, 3.63) is 52.8 Å². The molecule has 0 spiro atoms. The van der Waals surface area contributed by atoms with Crippen LogP contribution < -0.4 is 9.62 Å². The highest BCUT2D eigenvalue weighted by Gasteiger charge is 2.23. The van der Waals surface area contributed by atoms with Gasteiger partial charge >= 0.3 is 0 Å². The van der Waals surface area contributed by atoms with Gasteiger partial charge in [0.05, 0.1) is 9.82 Å². The number of nitrogens with one attached hydrogen (secondary N) is 1. The SMILES string of the molecule is O=[N+]([O-])c1cccc(S(=O)(=O)NCC2CCN(c3ncccn3)CC2)c1. The molecule has 9 nitrogen and oxygen atoms in total. The molecule has 26 heavy (non-hydrogen) atoms. The Hall–Kier alpha value is -2.59. The summed E-state index contributed by atoms with van der Waals surface area (Å²) in [6.45, 7) is 1.81. The number of non-ortho nitro benzene ring substituents is 1. The van der Waals surface area contributed by atoms with Crippen LogP contribution in [0, 0.1) is 16.0 Å². The first-order chi connectivity index (χ1) is 12.5. The van der Waals surface area contributed by atoms with Gasteiger partial charge in [0, 0.05) is 44.2 Å². The maximum Gasteiger partial charge on any atom is 0.270 e. The second kappa shape index (κ2) is 7.75. The lowest BCUT2D eigenvalue weighted by Crippen LogP contribution is -2.39. The molecular formula is C16H19N5O4S. The molecule has 0 bridgehead atoms. The van der Waals surface area contributed by atoms with Crippen LogP contribution in [0.2, 0.25) is 0 Å². The van der Waals surface area contributed by atoms with E-state index in [9.17, 15) is 18.5 Å². The van der Waals surface area contributed by atoms with Crippen molar-refractivity contribution in [1.29, 1.82) is 0 Å². The molecular weight excluding hydrogens is 358 g/mol. The summed E-state index contributed by atoms with van der Waals surface area (Å²) >= 11 is 0. The number of rotatable bonds is 6. The van der Waals surface area contributed by atoms with E-state index in [0.717, 1.165) is 32.0 Å². The molecule has 138 valence electrons. The van der Waals surface area contributed by atoms with Gasteiger partial charge in [-0.1, -0.05) is 6.07 Å². The minimum atomic E-state index is -3.77. The predicted octanol–water partition coefficient (Wildman–Crippen LogP) is 1.58. The number of nitro groups is 1. The first-order valence-electron chi connectivity index (χ1n) is 8.22. The third kappa shape index (κ3) is 4.33. The van der Waals surface area contributed by atoms with Crippen LogP contribution in [0.4, 0.5) is 11.6 Å². The Morgan fingerprint density at radius 1 is 1.19 bits per heavy atom. The molecule has 3 rings (SSSR count). The topological polar surface area (TPSA) is 118 Å². The highest BCUT2D eigenvalue weighted by molar-refractivity contribution is 7.89. The number of nitrogens with zero attached hydrogens (tertiary/aromatic N) is 4. The standard InChI is InChI=1S/C16H19N5O4S/c22-21(23)14-3-1-4-15(11-14)26(24,25)19-12-13-5-9-20(10-6-13)16-17-7-2-8-18-16/h1-4,7-8,11,13,19H,5-6,9-10,12H2. The largest absolute Gasteiger partial charge is 0.341 e. The maximum absolute atomic E-state index is 12.4. The van der Waals surface area contributed by atoms with E-state index in [1.54, 1.807) is 18.5 Å². The Labute approximate surface area is 151 Å². The smallest absolute Gasteiger partial charge is 0.270 e. The van der Waals surface area contributed by atoms with Gasteiger partial charge in [0.2, 0.25) is 16.0 Å². The van der Waals surface area contributed by atoms with Crippen molar-refractivity contribution in [2.75, 3.05) is 24.5 Å². The number of benzene rings is 1. The van der Waals surface area contributed by atoms with Crippen molar-refractivity contribution in [2.24, 2.45) is 5.92 Å². The number of anilines is 1. The summed E-state index contributed by atoms with van der Waals surface area (Å²) in [6.07, 6.45) is 5.02. The summed E-state index contributed by atoms with van der Waals surface area (Å²) in [5.41, 5.74) is -0.246. The minimum Gasteiger partial charge on any atom is -0.341 e. The number of aromatic nitrogens is 2. The summed E-state index contributed by atoms with van der Waals surface area (Å²) in [6, 6.07) is 6.81. The van der Waals surface area contributed by atoms with E-state index >= 15 is 0 Å². The number of hydrogen-bond donors (Lipinski definition) is 1. The lowest BCUT2D eigenvalue weighted by atomic mass is 9.97. The molecule has 0 aliphatic carbocycles. The van der Waals surface area contributed by atoms with E-state index in [-0.39, 0.29) is 16.5 Å². The van der Waals surface area contributed by atoms with Crippen molar-refractivity contribution < 1.29 is 13.3 Å². The summed E-state index contributed by atoms with van der Waals surface area (Å²) in [5.74, 6) is 0.881. The third-order valence-electron chi connectivity index (χ3n) is 4.35. The fourth-order valence-corrected chi connectivity index (χ4v) is 4.02. The van der Waals surface area contributed by atoms with E-state index in [0.29, 0.717) is 12.5 Å². The highest BCUT2D eigenvalue weighted by Crippen LogP contribution is 2.21. The predicted molar refractivity (Wildman–Crippen MR) is 95.3 cm³/mol. The first-order valence-corrected chi connectivity index (χ1v) is 9.70. The van der Waals surface area contributed by atoms with Gasteiger partial charge < -0.3 is 4.90 Å². The van der Waals surface area contributed by atoms with Crippen molar-refractivity contribution in [3.63, 3.8) is 0 Å². The van der Waals surface area contributed by atoms with Crippen molar-refractivity contribution in [3.8, 4) is 0 Å². The van der Waals surface area contributed by atoms with Crippen molar-refractivity contribution in [2.45, 2.75) is 17.7 Å². The maximum atomic E-state index is 12.4. The van der Waals surface area contributed by atoms with Crippen LogP contribution in [0.5, 0.6) is 0 Å². The first kappa shape index (κ1) is 18.2. The summed E-state index contributed by atoms with van der Waals surface area (Å²) in [5, 5.41) is 10.8. The molecule has 10 heteroatoms. The highest BCUT2D eigenvalue weighted by atomic mass is 32.2. The number of nitro benzene ring substituents is 1. The Balaban J connectivity index is 1.56. The quantitative estimate of drug-likeness (QED) is 0.599. The van der Waals surface area contributed by atoms with Gasteiger partial charge in [-0.15, -0.1) is 0 Å². The zero-order valence-electron chi connectivity index (χ0n) is 14.0. The van der Waals surface area contributed by atoms with Gasteiger partial charge in [-0.2, -0.15) is 0 Å². The normalized spacial score (nSPS) is 15.8. The number of hydrogen-bond acceptors (Lipinski definition) is 7. The van der Waals surface area contributed by atoms with Crippen LogP contribution in [0.15, 0.2) is 47.6 Å². The van der Waals surface area contributed by atoms with E-state index < -0.39 is 14.9 Å². The lowest BCUT2D eigenvalue weighted by Gasteiger charge is -2.31. The van der Waals surface area contributed by atoms with Gasteiger partial charge in [-0.25, -0.2) is 23.1 Å². The lowest BCUT2D eigenvalue weighted by molar-refractivity contribution is -0.385. The van der Waals surface area contributed by atoms with Crippen LogP contribution in [0.1, 0.15) is 12.8 Å². The Kier molecular flexibility index (Phi) is 5.43. The zero-order valence-corrected chi connectivity index (χ0v) is 14.8. The number of sulfonamides is 1. The minimum absolute atomic E-state index is 0.0955. The average Bonchev–Trinajstić information content (AvgIpc) is 2.68. The third-order valence-corrected chi connectivity index (χ3v) is 5.77. The Morgan fingerprint density at radius 2 is 1.88 bits per heavy atom. The number of piperidine rings is 1. The van der Waals surface area contributed by atoms with Gasteiger partial charge in [0.15, 0.2) is 0 Å². The average molecular weight is 377 g/mol. The molecule has 0 radical (unpaired) electrons. The molecule has 0 atom stereocenters. The van der Waals surface area contributed by atoms with E-state index in [1.165, 1.54) is 18.2 Å². The molecule has 0 unspecified atom stereocenters. The van der Waals surface area contributed by atoms with E-state index in [1.807, 2.05) is 0 Å². The molecule has 1 saturated heterocycles. The Morgan fingerprint density at radius 3 is 2.54 bits per heavy atom. The molecule has 2 heterocycles. The molecule has 1 N–H and O–H groups in total. The molecule has 1 aliphatic heterocycles.